The monoisotopic (exact) mass is 341 g/mol. The molecule has 0 N–H and O–H groups in total. The van der Waals surface area contributed by atoms with Crippen molar-refractivity contribution in [2.24, 2.45) is 17.8 Å². The molecule has 3 atom stereocenters. The lowest BCUT2D eigenvalue weighted by molar-refractivity contribution is -0.135. The highest BCUT2D eigenvalue weighted by molar-refractivity contribution is 5.82. The van der Waals surface area contributed by atoms with Crippen molar-refractivity contribution in [2.75, 3.05) is 19.8 Å². The molecule has 2 aliphatic heterocycles. The molecule has 1 saturated carbocycles. The van der Waals surface area contributed by atoms with E-state index >= 15 is 0 Å². The Kier molecular flexibility index (Phi) is 3.44. The van der Waals surface area contributed by atoms with E-state index in [-0.39, 0.29) is 11.8 Å². The summed E-state index contributed by atoms with van der Waals surface area (Å²) in [5.41, 5.74) is 0. The van der Waals surface area contributed by atoms with E-state index in [1.165, 1.54) is 0 Å². The molecule has 2 aromatic rings. The van der Waals surface area contributed by atoms with Crippen LogP contribution < -0.4 is 4.74 Å². The smallest absolute Gasteiger partial charge is 0.226 e. The Morgan fingerprint density at radius 2 is 2.12 bits per heavy atom. The van der Waals surface area contributed by atoms with E-state index in [4.69, 9.17) is 9.47 Å². The molecule has 1 saturated heterocycles. The van der Waals surface area contributed by atoms with Crippen molar-refractivity contribution in [3.63, 3.8) is 0 Å². The van der Waals surface area contributed by atoms with E-state index in [9.17, 15) is 4.79 Å². The molecular formula is C17H19N5O3. The fourth-order valence-electron chi connectivity index (χ4n) is 3.90. The molecule has 0 aromatic carbocycles. The molecule has 8 heteroatoms. The Morgan fingerprint density at radius 3 is 2.92 bits per heavy atom. The Bertz CT molecular complexity index is 783. The summed E-state index contributed by atoms with van der Waals surface area (Å²) in [6, 6.07) is 5.53. The summed E-state index contributed by atoms with van der Waals surface area (Å²) in [7, 11) is 0. The first kappa shape index (κ1) is 14.8. The highest BCUT2D eigenvalue weighted by Gasteiger charge is 2.59. The molecule has 1 amide bonds. The van der Waals surface area contributed by atoms with Gasteiger partial charge in [0.15, 0.2) is 11.6 Å². The molecule has 25 heavy (non-hydrogen) atoms. The fraction of sp³-hybridized carbons (Fsp3) is 0.529. The lowest BCUT2D eigenvalue weighted by Crippen LogP contribution is -2.40. The van der Waals surface area contributed by atoms with Crippen LogP contribution in [0.15, 0.2) is 24.4 Å². The topological polar surface area (TPSA) is 82.4 Å². The number of pyridine rings is 1. The number of carbonyl (C=O) groups is 1. The molecule has 0 radical (unpaired) electrons. The van der Waals surface area contributed by atoms with Crippen LogP contribution in [-0.2, 0) is 29.2 Å². The summed E-state index contributed by atoms with van der Waals surface area (Å²) < 4.78 is 13.1. The molecule has 5 rings (SSSR count). The van der Waals surface area contributed by atoms with Gasteiger partial charge in [-0.25, -0.2) is 4.98 Å². The molecule has 2 fully saturated rings. The Morgan fingerprint density at radius 1 is 1.24 bits per heavy atom. The second kappa shape index (κ2) is 5.80. The zero-order valence-electron chi connectivity index (χ0n) is 13.7. The number of hydrogen-bond donors (Lipinski definition) is 0. The van der Waals surface area contributed by atoms with Gasteiger partial charge in [0.1, 0.15) is 6.61 Å². The van der Waals surface area contributed by atoms with Gasteiger partial charge in [-0.15, -0.1) is 10.2 Å². The van der Waals surface area contributed by atoms with Crippen molar-refractivity contribution < 1.29 is 14.3 Å². The number of fused-ring (bicyclic) bond motifs is 2. The second-order valence-corrected chi connectivity index (χ2v) is 6.79. The van der Waals surface area contributed by atoms with Crippen LogP contribution in [0, 0.1) is 17.8 Å². The van der Waals surface area contributed by atoms with Crippen molar-refractivity contribution in [3.8, 4) is 5.88 Å². The van der Waals surface area contributed by atoms with Gasteiger partial charge >= 0.3 is 0 Å². The number of amides is 1. The van der Waals surface area contributed by atoms with E-state index in [1.807, 2.05) is 27.7 Å². The maximum absolute atomic E-state index is 12.7. The van der Waals surface area contributed by atoms with Crippen LogP contribution >= 0.6 is 0 Å². The van der Waals surface area contributed by atoms with Crippen LogP contribution in [-0.4, -0.2) is 50.3 Å². The fourth-order valence-corrected chi connectivity index (χ4v) is 3.90. The molecule has 0 bridgehead atoms. The normalized spacial score (nSPS) is 26.9. The minimum Gasteiger partial charge on any atom is -0.469 e. The number of carbonyl (C=O) groups excluding carboxylic acids is 1. The zero-order chi connectivity index (χ0) is 16.8. The lowest BCUT2D eigenvalue weighted by Gasteiger charge is -2.28. The minimum absolute atomic E-state index is 0.162. The quantitative estimate of drug-likeness (QED) is 0.805. The van der Waals surface area contributed by atoms with Crippen molar-refractivity contribution in [1.82, 2.24) is 24.6 Å². The van der Waals surface area contributed by atoms with Gasteiger partial charge in [0.2, 0.25) is 11.8 Å². The highest BCUT2D eigenvalue weighted by atomic mass is 16.5. The molecule has 4 heterocycles. The summed E-state index contributed by atoms with van der Waals surface area (Å²) in [5.74, 6) is 3.44. The third kappa shape index (κ3) is 2.57. The third-order valence-electron chi connectivity index (χ3n) is 5.37. The van der Waals surface area contributed by atoms with Crippen LogP contribution in [0.25, 0.3) is 0 Å². The van der Waals surface area contributed by atoms with Gasteiger partial charge in [0, 0.05) is 31.3 Å². The number of ether oxygens (including phenoxy) is 2. The van der Waals surface area contributed by atoms with E-state index in [2.05, 4.69) is 15.2 Å². The standard InChI is InChI=1S/C17H19N5O3/c23-17(16-11-8-24-9-12(11)16)21-5-6-22-13(7-21)19-20-14(22)10-25-15-3-1-2-4-18-15/h1-4,11-12,16H,5-10H2/t11-,12+,16?. The van der Waals surface area contributed by atoms with E-state index in [0.29, 0.717) is 44.0 Å². The molecule has 2 aromatic heterocycles. The number of aromatic nitrogens is 4. The summed E-state index contributed by atoms with van der Waals surface area (Å²) in [6.45, 7) is 3.71. The molecule has 1 aliphatic carbocycles. The Labute approximate surface area is 144 Å². The highest BCUT2D eigenvalue weighted by Crippen LogP contribution is 2.51. The first-order chi connectivity index (χ1) is 12.3. The van der Waals surface area contributed by atoms with Crippen molar-refractivity contribution in [3.05, 3.63) is 36.0 Å². The molecular weight excluding hydrogens is 322 g/mol. The van der Waals surface area contributed by atoms with Gasteiger partial charge in [-0.2, -0.15) is 0 Å². The van der Waals surface area contributed by atoms with Gasteiger partial charge in [-0.1, -0.05) is 6.07 Å². The van der Waals surface area contributed by atoms with Gasteiger partial charge in [0.05, 0.1) is 19.8 Å². The first-order valence-electron chi connectivity index (χ1n) is 8.62. The van der Waals surface area contributed by atoms with Crippen LogP contribution in [0.1, 0.15) is 11.6 Å². The van der Waals surface area contributed by atoms with Gasteiger partial charge < -0.3 is 18.9 Å². The minimum atomic E-state index is 0.162. The van der Waals surface area contributed by atoms with Crippen LogP contribution in [0.2, 0.25) is 0 Å². The molecule has 8 nitrogen and oxygen atoms in total. The largest absolute Gasteiger partial charge is 0.469 e. The Balaban J connectivity index is 1.24. The number of hydrogen-bond acceptors (Lipinski definition) is 6. The van der Waals surface area contributed by atoms with E-state index < -0.39 is 0 Å². The summed E-state index contributed by atoms with van der Waals surface area (Å²) in [4.78, 5) is 18.7. The van der Waals surface area contributed by atoms with Crippen LogP contribution in [0.5, 0.6) is 5.88 Å². The second-order valence-electron chi connectivity index (χ2n) is 6.79. The van der Waals surface area contributed by atoms with Gasteiger partial charge in [-0.05, 0) is 17.9 Å². The number of nitrogens with zero attached hydrogens (tertiary/aromatic N) is 5. The van der Waals surface area contributed by atoms with Crippen LogP contribution in [0.4, 0.5) is 0 Å². The first-order valence-corrected chi connectivity index (χ1v) is 8.62. The molecule has 0 spiro atoms. The average Bonchev–Trinajstić information content (AvgIpc) is 3.00. The van der Waals surface area contributed by atoms with E-state index in [1.54, 1.807) is 6.20 Å². The average molecular weight is 341 g/mol. The predicted octanol–water partition coefficient (Wildman–Crippen LogP) is 0.487. The SMILES string of the molecule is O=C(C1[C@H]2COC[C@@H]12)N1CCn2c(COc3ccccn3)nnc2C1. The zero-order valence-corrected chi connectivity index (χ0v) is 13.7. The maximum atomic E-state index is 12.7. The third-order valence-corrected chi connectivity index (χ3v) is 5.37. The maximum Gasteiger partial charge on any atom is 0.226 e. The molecule has 130 valence electrons. The molecule has 1 unspecified atom stereocenters. The number of rotatable bonds is 4. The molecule has 3 aliphatic rings. The Hall–Kier alpha value is -2.48. The van der Waals surface area contributed by atoms with E-state index in [0.717, 1.165) is 24.9 Å². The lowest BCUT2D eigenvalue weighted by atomic mass is 10.2. The van der Waals surface area contributed by atoms with Crippen molar-refractivity contribution in [2.45, 2.75) is 19.7 Å². The van der Waals surface area contributed by atoms with Crippen LogP contribution in [0.3, 0.4) is 0 Å². The van der Waals surface area contributed by atoms with Crippen molar-refractivity contribution in [1.29, 1.82) is 0 Å². The summed E-state index contributed by atoms with van der Waals surface area (Å²) in [6.07, 6.45) is 1.69. The predicted molar refractivity (Wildman–Crippen MR) is 85.3 cm³/mol. The van der Waals surface area contributed by atoms with Gasteiger partial charge in [-0.3, -0.25) is 4.79 Å². The van der Waals surface area contributed by atoms with Crippen molar-refractivity contribution >= 4 is 5.91 Å². The summed E-state index contributed by atoms with van der Waals surface area (Å²) in [5, 5.41) is 8.47. The summed E-state index contributed by atoms with van der Waals surface area (Å²) >= 11 is 0. The van der Waals surface area contributed by atoms with Gasteiger partial charge in [0.25, 0.3) is 0 Å².